The summed E-state index contributed by atoms with van der Waals surface area (Å²) in [6.45, 7) is 4.07. The number of aromatic amines is 1. The van der Waals surface area contributed by atoms with Crippen LogP contribution in [0.2, 0.25) is 0 Å². The van der Waals surface area contributed by atoms with Gasteiger partial charge in [0.05, 0.1) is 36.7 Å². The van der Waals surface area contributed by atoms with Gasteiger partial charge in [0.15, 0.2) is 0 Å². The van der Waals surface area contributed by atoms with Crippen LogP contribution in [-0.2, 0) is 22.5 Å². The van der Waals surface area contributed by atoms with E-state index in [0.29, 0.717) is 51.6 Å². The number of carbonyl (C=O) groups is 1. The largest absolute Gasteiger partial charge is 0.378 e. The van der Waals surface area contributed by atoms with Crippen molar-refractivity contribution in [1.29, 1.82) is 0 Å². The van der Waals surface area contributed by atoms with Crippen LogP contribution in [-0.4, -0.2) is 65.1 Å². The first-order valence-electron chi connectivity index (χ1n) is 8.71. The van der Waals surface area contributed by atoms with Crippen molar-refractivity contribution in [3.8, 4) is 11.4 Å². The third kappa shape index (κ3) is 3.47. The van der Waals surface area contributed by atoms with Gasteiger partial charge in [-0.05, 0) is 12.1 Å². The first kappa shape index (κ1) is 17.1. The van der Waals surface area contributed by atoms with Gasteiger partial charge in [0.25, 0.3) is 0 Å². The molecular formula is C18H20F2N4O2. The summed E-state index contributed by atoms with van der Waals surface area (Å²) in [4.78, 5) is 23.9. The lowest BCUT2D eigenvalue weighted by atomic mass is 10.1. The molecule has 1 aromatic carbocycles. The molecule has 1 amide bonds. The van der Waals surface area contributed by atoms with Crippen molar-refractivity contribution >= 4 is 5.91 Å². The van der Waals surface area contributed by atoms with Crippen LogP contribution in [0.5, 0.6) is 0 Å². The molecule has 0 radical (unpaired) electrons. The van der Waals surface area contributed by atoms with E-state index in [1.807, 2.05) is 4.90 Å². The van der Waals surface area contributed by atoms with Crippen LogP contribution in [0.3, 0.4) is 0 Å². The second-order valence-electron chi connectivity index (χ2n) is 6.59. The van der Waals surface area contributed by atoms with Crippen molar-refractivity contribution in [3.05, 3.63) is 41.2 Å². The lowest BCUT2D eigenvalue weighted by Gasteiger charge is -2.31. The van der Waals surface area contributed by atoms with E-state index in [1.165, 1.54) is 12.1 Å². The number of aromatic nitrogens is 2. The molecule has 0 atom stereocenters. The van der Waals surface area contributed by atoms with E-state index < -0.39 is 11.6 Å². The van der Waals surface area contributed by atoms with Gasteiger partial charge in [-0.1, -0.05) is 0 Å². The van der Waals surface area contributed by atoms with Gasteiger partial charge in [-0.3, -0.25) is 9.69 Å². The van der Waals surface area contributed by atoms with Crippen molar-refractivity contribution in [1.82, 2.24) is 19.8 Å². The number of nitrogens with one attached hydrogen (secondary N) is 1. The normalized spacial score (nSPS) is 18.0. The van der Waals surface area contributed by atoms with Gasteiger partial charge in [-0.2, -0.15) is 0 Å². The van der Waals surface area contributed by atoms with Crippen molar-refractivity contribution in [2.24, 2.45) is 0 Å². The quantitative estimate of drug-likeness (QED) is 0.901. The molecule has 6 nitrogen and oxygen atoms in total. The highest BCUT2D eigenvalue weighted by Crippen LogP contribution is 2.25. The molecule has 2 aromatic rings. The number of benzene rings is 1. The number of nitrogens with zero attached hydrogens (tertiary/aromatic N) is 3. The average Bonchev–Trinajstić information content (AvgIpc) is 3.05. The Hall–Kier alpha value is -2.32. The zero-order chi connectivity index (χ0) is 18.1. The lowest BCUT2D eigenvalue weighted by Crippen LogP contribution is -2.46. The van der Waals surface area contributed by atoms with Crippen LogP contribution in [0.25, 0.3) is 11.4 Å². The fourth-order valence-electron chi connectivity index (χ4n) is 3.40. The van der Waals surface area contributed by atoms with Crippen LogP contribution in [0.4, 0.5) is 8.78 Å². The maximum atomic E-state index is 14.0. The van der Waals surface area contributed by atoms with Crippen molar-refractivity contribution in [3.63, 3.8) is 0 Å². The highest BCUT2D eigenvalue weighted by molar-refractivity contribution is 5.78. The van der Waals surface area contributed by atoms with Gasteiger partial charge >= 0.3 is 0 Å². The number of ether oxygens (including phenoxy) is 1. The minimum atomic E-state index is -0.643. The average molecular weight is 362 g/mol. The summed E-state index contributed by atoms with van der Waals surface area (Å²) in [5.74, 6) is -0.763. The fraction of sp³-hybridized carbons (Fsp3) is 0.444. The van der Waals surface area contributed by atoms with E-state index in [-0.39, 0.29) is 11.5 Å². The number of halogens is 2. The third-order valence-electron chi connectivity index (χ3n) is 4.82. The van der Waals surface area contributed by atoms with E-state index in [4.69, 9.17) is 4.74 Å². The summed E-state index contributed by atoms with van der Waals surface area (Å²) >= 11 is 0. The Morgan fingerprint density at radius 2 is 2.04 bits per heavy atom. The highest BCUT2D eigenvalue weighted by Gasteiger charge is 2.25. The van der Waals surface area contributed by atoms with Crippen LogP contribution < -0.4 is 0 Å². The number of H-pyrrole nitrogens is 1. The first-order chi connectivity index (χ1) is 12.6. The zero-order valence-electron chi connectivity index (χ0n) is 14.3. The number of hydrogen-bond acceptors (Lipinski definition) is 4. The summed E-state index contributed by atoms with van der Waals surface area (Å²) < 4.78 is 32.4. The van der Waals surface area contributed by atoms with Crippen LogP contribution >= 0.6 is 0 Å². The zero-order valence-corrected chi connectivity index (χ0v) is 14.3. The Balaban J connectivity index is 1.45. The fourth-order valence-corrected chi connectivity index (χ4v) is 3.40. The molecule has 4 rings (SSSR count). The molecule has 2 aliphatic rings. The number of fused-ring (bicyclic) bond motifs is 1. The molecule has 0 saturated carbocycles. The summed E-state index contributed by atoms with van der Waals surface area (Å²) in [5, 5.41) is 0. The number of amides is 1. The minimum absolute atomic E-state index is 0.0982. The maximum absolute atomic E-state index is 14.0. The second kappa shape index (κ2) is 7.13. The molecule has 26 heavy (non-hydrogen) atoms. The summed E-state index contributed by atoms with van der Waals surface area (Å²) in [5.41, 5.74) is 2.00. The molecule has 138 valence electrons. The molecule has 1 aromatic heterocycles. The predicted octanol–water partition coefficient (Wildman–Crippen LogP) is 1.57. The molecule has 1 N–H and O–H groups in total. The van der Waals surface area contributed by atoms with Gasteiger partial charge in [0.1, 0.15) is 17.5 Å². The topological polar surface area (TPSA) is 61.5 Å². The van der Waals surface area contributed by atoms with Gasteiger partial charge in [-0.15, -0.1) is 0 Å². The Kier molecular flexibility index (Phi) is 4.69. The predicted molar refractivity (Wildman–Crippen MR) is 90.3 cm³/mol. The molecule has 1 saturated heterocycles. The van der Waals surface area contributed by atoms with Gasteiger partial charge in [0, 0.05) is 38.7 Å². The van der Waals surface area contributed by atoms with Crippen molar-refractivity contribution < 1.29 is 18.3 Å². The van der Waals surface area contributed by atoms with E-state index in [9.17, 15) is 13.6 Å². The number of hydrogen-bond donors (Lipinski definition) is 1. The van der Waals surface area contributed by atoms with Gasteiger partial charge in [0.2, 0.25) is 5.91 Å². The van der Waals surface area contributed by atoms with Crippen LogP contribution in [0.1, 0.15) is 11.4 Å². The lowest BCUT2D eigenvalue weighted by molar-refractivity contribution is -0.136. The number of morpholine rings is 1. The van der Waals surface area contributed by atoms with E-state index in [2.05, 4.69) is 14.9 Å². The Morgan fingerprint density at radius 1 is 1.23 bits per heavy atom. The van der Waals surface area contributed by atoms with E-state index in [0.717, 1.165) is 24.0 Å². The molecule has 0 spiro atoms. The molecule has 3 heterocycles. The summed E-state index contributed by atoms with van der Waals surface area (Å²) in [6, 6.07) is 3.45. The molecule has 8 heteroatoms. The molecular weight excluding hydrogens is 342 g/mol. The molecule has 0 aliphatic carbocycles. The number of imidazole rings is 1. The second-order valence-corrected chi connectivity index (χ2v) is 6.59. The smallest absolute Gasteiger partial charge is 0.236 e. The molecule has 0 unspecified atom stereocenters. The Morgan fingerprint density at radius 3 is 2.81 bits per heavy atom. The number of carbonyl (C=O) groups excluding carboxylic acids is 1. The molecule has 0 bridgehead atoms. The maximum Gasteiger partial charge on any atom is 0.236 e. The minimum Gasteiger partial charge on any atom is -0.378 e. The highest BCUT2D eigenvalue weighted by atomic mass is 19.1. The van der Waals surface area contributed by atoms with Crippen molar-refractivity contribution in [2.45, 2.75) is 13.0 Å². The molecule has 2 aliphatic heterocycles. The Bertz CT molecular complexity index is 818. The van der Waals surface area contributed by atoms with Crippen LogP contribution in [0.15, 0.2) is 18.2 Å². The standard InChI is InChI=1S/C18H20F2N4O2/c19-12-1-2-13(14(20)9-12)18-21-15-3-4-23(10-16(15)22-18)11-17(25)24-5-7-26-8-6-24/h1-2,9H,3-8,10-11H2,(H,21,22). The van der Waals surface area contributed by atoms with Gasteiger partial charge in [-0.25, -0.2) is 13.8 Å². The third-order valence-corrected chi connectivity index (χ3v) is 4.82. The Labute approximate surface area is 149 Å². The summed E-state index contributed by atoms with van der Waals surface area (Å²) in [6.07, 6.45) is 0.686. The number of rotatable bonds is 3. The van der Waals surface area contributed by atoms with Crippen molar-refractivity contribution in [2.75, 3.05) is 39.4 Å². The van der Waals surface area contributed by atoms with E-state index in [1.54, 1.807) is 0 Å². The SMILES string of the molecule is O=C(CN1CCc2nc(-c3ccc(F)cc3F)[nH]c2C1)N1CCOCC1. The molecule has 1 fully saturated rings. The summed E-state index contributed by atoms with van der Waals surface area (Å²) in [7, 11) is 0. The monoisotopic (exact) mass is 362 g/mol. The van der Waals surface area contributed by atoms with Crippen LogP contribution in [0, 0.1) is 11.6 Å². The van der Waals surface area contributed by atoms with E-state index >= 15 is 0 Å². The van der Waals surface area contributed by atoms with Gasteiger partial charge < -0.3 is 14.6 Å². The first-order valence-corrected chi connectivity index (χ1v) is 8.71.